The molecule has 0 N–H and O–H groups in total. The van der Waals surface area contributed by atoms with Gasteiger partial charge in [-0.15, -0.1) is 0 Å². The fourth-order valence-electron chi connectivity index (χ4n) is 3.77. The van der Waals surface area contributed by atoms with Gasteiger partial charge >= 0.3 is 0 Å². The first-order valence-electron chi connectivity index (χ1n) is 8.29. The topological polar surface area (TPSA) is 40.6 Å². The van der Waals surface area contributed by atoms with Crippen LogP contribution in [0.1, 0.15) is 51.9 Å². The van der Waals surface area contributed by atoms with Crippen LogP contribution in [0.25, 0.3) is 0 Å². The van der Waals surface area contributed by atoms with Crippen LogP contribution in [0.3, 0.4) is 0 Å². The van der Waals surface area contributed by atoms with E-state index in [4.69, 9.17) is 0 Å². The van der Waals surface area contributed by atoms with E-state index < -0.39 is 0 Å². The van der Waals surface area contributed by atoms with Crippen LogP contribution in [-0.4, -0.2) is 47.8 Å². The number of likely N-dealkylation sites (N-methyl/N-ethyl adjacent to an activating group) is 1. The van der Waals surface area contributed by atoms with Crippen molar-refractivity contribution in [2.24, 2.45) is 5.41 Å². The lowest BCUT2D eigenvalue weighted by Gasteiger charge is -2.44. The number of carbonyl (C=O) groups excluding carboxylic acids is 2. The molecule has 1 saturated carbocycles. The second kappa shape index (κ2) is 7.10. The Bertz CT molecular complexity index is 390. The van der Waals surface area contributed by atoms with E-state index in [1.807, 2.05) is 11.8 Å². The monoisotopic (exact) mass is 292 g/mol. The normalized spacial score (nSPS) is 21.1. The fourth-order valence-corrected chi connectivity index (χ4v) is 3.77. The molecule has 2 fully saturated rings. The van der Waals surface area contributed by atoms with Crippen LogP contribution in [0.2, 0.25) is 0 Å². The molecule has 4 heteroatoms. The molecule has 0 radical (unpaired) electrons. The van der Waals surface area contributed by atoms with E-state index in [2.05, 4.69) is 6.58 Å². The van der Waals surface area contributed by atoms with E-state index in [9.17, 15) is 9.59 Å². The van der Waals surface area contributed by atoms with Crippen molar-refractivity contribution in [3.05, 3.63) is 12.7 Å². The number of nitrogens with zero attached hydrogens (tertiary/aromatic N) is 2. The average molecular weight is 292 g/mol. The molecular formula is C17H28N2O2. The number of likely N-dealkylation sites (tertiary alicyclic amines) is 1. The van der Waals surface area contributed by atoms with E-state index in [-0.39, 0.29) is 18.4 Å². The number of hydrogen-bond acceptors (Lipinski definition) is 2. The first kappa shape index (κ1) is 16.1. The summed E-state index contributed by atoms with van der Waals surface area (Å²) < 4.78 is 0. The zero-order valence-electron chi connectivity index (χ0n) is 13.3. The molecule has 0 aromatic heterocycles. The van der Waals surface area contributed by atoms with E-state index in [1.165, 1.54) is 38.2 Å². The fraction of sp³-hybridized carbons (Fsp3) is 0.765. The Morgan fingerprint density at radius 3 is 2.29 bits per heavy atom. The third-order valence-electron chi connectivity index (χ3n) is 5.29. The van der Waals surface area contributed by atoms with Gasteiger partial charge in [-0.3, -0.25) is 9.59 Å². The highest BCUT2D eigenvalue weighted by Crippen LogP contribution is 2.44. The molecule has 1 heterocycles. The van der Waals surface area contributed by atoms with Gasteiger partial charge in [0, 0.05) is 19.6 Å². The average Bonchev–Trinajstić information content (AvgIpc) is 2.53. The second-order valence-electron chi connectivity index (χ2n) is 6.50. The van der Waals surface area contributed by atoms with Gasteiger partial charge in [0.25, 0.3) is 0 Å². The minimum atomic E-state index is -0.161. The van der Waals surface area contributed by atoms with Gasteiger partial charge in [0.2, 0.25) is 11.8 Å². The molecule has 1 aliphatic heterocycles. The first-order chi connectivity index (χ1) is 10.1. The summed E-state index contributed by atoms with van der Waals surface area (Å²) in [5.74, 6) is -0.0793. The minimum Gasteiger partial charge on any atom is -0.341 e. The van der Waals surface area contributed by atoms with Gasteiger partial charge in [-0.05, 0) is 44.1 Å². The van der Waals surface area contributed by atoms with Crippen LogP contribution < -0.4 is 0 Å². The lowest BCUT2D eigenvalue weighted by Crippen LogP contribution is -2.48. The molecule has 2 rings (SSSR count). The molecule has 0 aromatic rings. The van der Waals surface area contributed by atoms with Gasteiger partial charge in [0.1, 0.15) is 0 Å². The summed E-state index contributed by atoms with van der Waals surface area (Å²) in [4.78, 5) is 27.5. The first-order valence-corrected chi connectivity index (χ1v) is 8.29. The lowest BCUT2D eigenvalue weighted by atomic mass is 9.68. The number of amides is 2. The molecule has 118 valence electrons. The van der Waals surface area contributed by atoms with Crippen molar-refractivity contribution in [2.45, 2.75) is 51.9 Å². The lowest BCUT2D eigenvalue weighted by molar-refractivity contribution is -0.140. The Balaban J connectivity index is 1.85. The molecular weight excluding hydrogens is 264 g/mol. The summed E-state index contributed by atoms with van der Waals surface area (Å²) in [6.45, 7) is 7.84. The van der Waals surface area contributed by atoms with Crippen LogP contribution in [0.5, 0.6) is 0 Å². The summed E-state index contributed by atoms with van der Waals surface area (Å²) in [5, 5.41) is 0. The summed E-state index contributed by atoms with van der Waals surface area (Å²) in [6, 6.07) is 0. The van der Waals surface area contributed by atoms with Gasteiger partial charge in [-0.2, -0.15) is 0 Å². The van der Waals surface area contributed by atoms with Crippen molar-refractivity contribution in [2.75, 3.05) is 26.2 Å². The molecule has 2 amide bonds. The SMILES string of the molecule is C=CC(=O)N(CC)CC(=O)N1CCC2(CCCCC2)CC1. The molecule has 0 atom stereocenters. The Morgan fingerprint density at radius 1 is 1.14 bits per heavy atom. The van der Waals surface area contributed by atoms with Crippen molar-refractivity contribution in [3.63, 3.8) is 0 Å². The zero-order valence-corrected chi connectivity index (χ0v) is 13.3. The molecule has 1 spiro atoms. The van der Waals surface area contributed by atoms with Crippen LogP contribution in [-0.2, 0) is 9.59 Å². The van der Waals surface area contributed by atoms with Gasteiger partial charge in [0.15, 0.2) is 0 Å². The smallest absolute Gasteiger partial charge is 0.246 e. The molecule has 2 aliphatic rings. The second-order valence-corrected chi connectivity index (χ2v) is 6.50. The summed E-state index contributed by atoms with van der Waals surface area (Å²) >= 11 is 0. The third kappa shape index (κ3) is 3.86. The van der Waals surface area contributed by atoms with Crippen LogP contribution in [0.4, 0.5) is 0 Å². The molecule has 0 bridgehead atoms. The van der Waals surface area contributed by atoms with Gasteiger partial charge < -0.3 is 9.80 Å². The molecule has 1 saturated heterocycles. The van der Waals surface area contributed by atoms with E-state index >= 15 is 0 Å². The predicted octanol–water partition coefficient (Wildman–Crippen LogP) is 2.59. The van der Waals surface area contributed by atoms with Gasteiger partial charge in [-0.1, -0.05) is 25.8 Å². The maximum atomic E-state index is 12.4. The predicted molar refractivity (Wildman–Crippen MR) is 83.8 cm³/mol. The standard InChI is InChI=1S/C17H28N2O2/c1-3-15(20)18(4-2)14-16(21)19-12-10-17(11-13-19)8-6-5-7-9-17/h3H,1,4-14H2,2H3. The molecule has 4 nitrogen and oxygen atoms in total. The van der Waals surface area contributed by atoms with E-state index in [0.29, 0.717) is 12.0 Å². The molecule has 1 aliphatic carbocycles. The van der Waals surface area contributed by atoms with Crippen molar-refractivity contribution in [1.82, 2.24) is 9.80 Å². The number of piperidine rings is 1. The van der Waals surface area contributed by atoms with Crippen molar-refractivity contribution in [3.8, 4) is 0 Å². The van der Waals surface area contributed by atoms with Crippen LogP contribution in [0, 0.1) is 5.41 Å². The highest BCUT2D eigenvalue weighted by molar-refractivity contribution is 5.90. The highest BCUT2D eigenvalue weighted by atomic mass is 16.2. The molecule has 0 unspecified atom stereocenters. The Hall–Kier alpha value is -1.32. The summed E-state index contributed by atoms with van der Waals surface area (Å²) in [5.41, 5.74) is 0.510. The van der Waals surface area contributed by atoms with E-state index in [1.54, 1.807) is 4.90 Å². The van der Waals surface area contributed by atoms with Crippen molar-refractivity contribution in [1.29, 1.82) is 0 Å². The largest absolute Gasteiger partial charge is 0.341 e. The van der Waals surface area contributed by atoms with Crippen molar-refractivity contribution < 1.29 is 9.59 Å². The Kier molecular flexibility index (Phi) is 5.43. The van der Waals surface area contributed by atoms with Crippen molar-refractivity contribution >= 4 is 11.8 Å². The quantitative estimate of drug-likeness (QED) is 0.747. The maximum absolute atomic E-state index is 12.4. The highest BCUT2D eigenvalue weighted by Gasteiger charge is 2.36. The van der Waals surface area contributed by atoms with Gasteiger partial charge in [0.05, 0.1) is 6.54 Å². The third-order valence-corrected chi connectivity index (χ3v) is 5.29. The van der Waals surface area contributed by atoms with Crippen LogP contribution >= 0.6 is 0 Å². The van der Waals surface area contributed by atoms with E-state index in [0.717, 1.165) is 25.9 Å². The van der Waals surface area contributed by atoms with Gasteiger partial charge in [-0.25, -0.2) is 0 Å². The summed E-state index contributed by atoms with van der Waals surface area (Å²) in [6.07, 6.45) is 10.3. The zero-order chi connectivity index (χ0) is 15.3. The number of rotatable bonds is 4. The molecule has 21 heavy (non-hydrogen) atoms. The Labute approximate surface area is 128 Å². The maximum Gasteiger partial charge on any atom is 0.246 e. The molecule has 0 aromatic carbocycles. The van der Waals surface area contributed by atoms with Crippen LogP contribution in [0.15, 0.2) is 12.7 Å². The number of hydrogen-bond donors (Lipinski definition) is 0. The summed E-state index contributed by atoms with van der Waals surface area (Å²) in [7, 11) is 0. The minimum absolute atomic E-state index is 0.0812. The number of carbonyl (C=O) groups is 2. The Morgan fingerprint density at radius 2 is 1.76 bits per heavy atom.